The van der Waals surface area contributed by atoms with Crippen LogP contribution in [-0.4, -0.2) is 37.8 Å². The molecule has 9 heteroatoms. The zero-order valence-electron chi connectivity index (χ0n) is 16.8. The number of carbonyl (C=O) groups is 1. The summed E-state index contributed by atoms with van der Waals surface area (Å²) in [5.74, 6) is 0.503. The van der Waals surface area contributed by atoms with E-state index in [-0.39, 0.29) is 10.8 Å². The lowest BCUT2D eigenvalue weighted by atomic mass is 10.0. The van der Waals surface area contributed by atoms with Gasteiger partial charge in [0.15, 0.2) is 6.10 Å². The smallest absolute Gasteiger partial charge is 0.265 e. The van der Waals surface area contributed by atoms with Crippen molar-refractivity contribution in [3.05, 3.63) is 52.5 Å². The van der Waals surface area contributed by atoms with Crippen molar-refractivity contribution in [1.82, 2.24) is 4.31 Å². The fourth-order valence-electron chi connectivity index (χ4n) is 3.14. The molecular formula is C21H24Cl2N2O4S. The second kappa shape index (κ2) is 9.56. The minimum Gasteiger partial charge on any atom is -0.479 e. The molecule has 1 aliphatic heterocycles. The van der Waals surface area contributed by atoms with Crippen LogP contribution in [0.25, 0.3) is 0 Å². The highest BCUT2D eigenvalue weighted by atomic mass is 35.5. The first kappa shape index (κ1) is 22.9. The van der Waals surface area contributed by atoms with Crippen LogP contribution in [0.2, 0.25) is 10.0 Å². The standard InChI is InChI=1S/C21H24Cl2N2O4S/c1-14-9-11-25(12-10-14)30(27,28)18-6-4-17(5-7-18)24-21(26)15(2)29-20-8-3-16(22)13-19(20)23/h3-8,13-15H,9-12H2,1-2H3,(H,24,26)/t15-/m1/s1. The summed E-state index contributed by atoms with van der Waals surface area (Å²) in [5.41, 5.74) is 0.476. The number of ether oxygens (including phenoxy) is 1. The normalized spacial score (nSPS) is 16.8. The number of nitrogens with zero attached hydrogens (tertiary/aromatic N) is 1. The summed E-state index contributed by atoms with van der Waals surface area (Å²) >= 11 is 11.9. The number of amides is 1. The fraction of sp³-hybridized carbons (Fsp3) is 0.381. The third kappa shape index (κ3) is 5.46. The topological polar surface area (TPSA) is 75.7 Å². The Hall–Kier alpha value is -1.80. The second-order valence-electron chi connectivity index (χ2n) is 7.44. The first-order chi connectivity index (χ1) is 14.2. The number of halogens is 2. The van der Waals surface area contributed by atoms with Crippen molar-refractivity contribution >= 4 is 44.8 Å². The van der Waals surface area contributed by atoms with Crippen molar-refractivity contribution in [2.24, 2.45) is 5.92 Å². The molecule has 1 aliphatic rings. The number of anilines is 1. The third-order valence-corrected chi connectivity index (χ3v) is 7.51. The van der Waals surface area contributed by atoms with E-state index in [9.17, 15) is 13.2 Å². The lowest BCUT2D eigenvalue weighted by Gasteiger charge is -2.29. The Morgan fingerprint density at radius 2 is 1.77 bits per heavy atom. The third-order valence-electron chi connectivity index (χ3n) is 5.07. The maximum Gasteiger partial charge on any atom is 0.265 e. The van der Waals surface area contributed by atoms with Gasteiger partial charge in [-0.15, -0.1) is 0 Å². The predicted octanol–water partition coefficient (Wildman–Crippen LogP) is 4.82. The summed E-state index contributed by atoms with van der Waals surface area (Å²) in [5, 5.41) is 3.50. The molecule has 1 amide bonds. The van der Waals surface area contributed by atoms with E-state index in [1.165, 1.54) is 22.5 Å². The molecule has 162 valence electrons. The van der Waals surface area contributed by atoms with Crippen molar-refractivity contribution in [1.29, 1.82) is 0 Å². The maximum absolute atomic E-state index is 12.8. The fourth-order valence-corrected chi connectivity index (χ4v) is 5.07. The molecule has 2 aromatic rings. The minimum absolute atomic E-state index is 0.215. The van der Waals surface area contributed by atoms with Crippen LogP contribution in [0.3, 0.4) is 0 Å². The molecule has 1 N–H and O–H groups in total. The summed E-state index contributed by atoms with van der Waals surface area (Å²) in [6.45, 7) is 4.79. The lowest BCUT2D eigenvalue weighted by Crippen LogP contribution is -2.37. The van der Waals surface area contributed by atoms with Crippen molar-refractivity contribution in [2.45, 2.75) is 37.7 Å². The van der Waals surface area contributed by atoms with Gasteiger partial charge < -0.3 is 10.1 Å². The van der Waals surface area contributed by atoms with E-state index in [0.717, 1.165) is 12.8 Å². The second-order valence-corrected chi connectivity index (χ2v) is 10.2. The number of hydrogen-bond donors (Lipinski definition) is 1. The van der Waals surface area contributed by atoms with Crippen molar-refractivity contribution < 1.29 is 17.9 Å². The number of hydrogen-bond acceptors (Lipinski definition) is 4. The molecule has 0 aliphatic carbocycles. The number of sulfonamides is 1. The Kier molecular flexibility index (Phi) is 7.29. The van der Waals surface area contributed by atoms with Gasteiger partial charge in [0.25, 0.3) is 5.91 Å². The van der Waals surface area contributed by atoms with E-state index < -0.39 is 16.1 Å². The van der Waals surface area contributed by atoms with E-state index in [2.05, 4.69) is 12.2 Å². The van der Waals surface area contributed by atoms with Gasteiger partial charge >= 0.3 is 0 Å². The number of carbonyl (C=O) groups excluding carboxylic acids is 1. The van der Waals surface area contributed by atoms with E-state index >= 15 is 0 Å². The lowest BCUT2D eigenvalue weighted by molar-refractivity contribution is -0.122. The van der Waals surface area contributed by atoms with Crippen LogP contribution < -0.4 is 10.1 Å². The van der Waals surface area contributed by atoms with Gasteiger partial charge in [-0.05, 0) is 68.1 Å². The zero-order chi connectivity index (χ0) is 21.9. The summed E-state index contributed by atoms with van der Waals surface area (Å²) < 4.78 is 32.7. The molecule has 2 aromatic carbocycles. The molecule has 0 unspecified atom stereocenters. The van der Waals surface area contributed by atoms with Crippen LogP contribution in [0.5, 0.6) is 5.75 Å². The summed E-state index contributed by atoms with van der Waals surface area (Å²) in [4.78, 5) is 12.6. The Bertz CT molecular complexity index is 1000. The highest BCUT2D eigenvalue weighted by Crippen LogP contribution is 2.29. The van der Waals surface area contributed by atoms with Gasteiger partial charge in [-0.3, -0.25) is 4.79 Å². The molecule has 0 saturated carbocycles. The molecule has 3 rings (SSSR count). The van der Waals surface area contributed by atoms with Gasteiger partial charge in [0, 0.05) is 23.8 Å². The van der Waals surface area contributed by atoms with E-state index in [1.54, 1.807) is 31.2 Å². The van der Waals surface area contributed by atoms with Crippen LogP contribution in [0.15, 0.2) is 47.4 Å². The van der Waals surface area contributed by atoms with Gasteiger partial charge in [0.1, 0.15) is 5.75 Å². The molecular weight excluding hydrogens is 447 g/mol. The van der Waals surface area contributed by atoms with Crippen molar-refractivity contribution in [2.75, 3.05) is 18.4 Å². The first-order valence-corrected chi connectivity index (χ1v) is 11.9. The highest BCUT2D eigenvalue weighted by molar-refractivity contribution is 7.89. The van der Waals surface area contributed by atoms with Crippen molar-refractivity contribution in [3.63, 3.8) is 0 Å². The highest BCUT2D eigenvalue weighted by Gasteiger charge is 2.28. The molecule has 0 bridgehead atoms. The van der Waals surface area contributed by atoms with Crippen LogP contribution in [0.1, 0.15) is 26.7 Å². The quantitative estimate of drug-likeness (QED) is 0.656. The Labute approximate surface area is 187 Å². The van der Waals surface area contributed by atoms with Crippen molar-refractivity contribution in [3.8, 4) is 5.75 Å². The molecule has 30 heavy (non-hydrogen) atoms. The molecule has 1 saturated heterocycles. The van der Waals surface area contributed by atoms with Gasteiger partial charge in [0.2, 0.25) is 10.0 Å². The van der Waals surface area contributed by atoms with Gasteiger partial charge in [-0.25, -0.2) is 8.42 Å². The summed E-state index contributed by atoms with van der Waals surface area (Å²) in [6, 6.07) is 10.9. The minimum atomic E-state index is -3.53. The number of rotatable bonds is 6. The van der Waals surface area contributed by atoms with E-state index in [0.29, 0.717) is 40.5 Å². The summed E-state index contributed by atoms with van der Waals surface area (Å²) in [6.07, 6.45) is 0.911. The van der Waals surface area contributed by atoms with Crippen LogP contribution >= 0.6 is 23.2 Å². The molecule has 1 fully saturated rings. The Morgan fingerprint density at radius 3 is 2.37 bits per heavy atom. The van der Waals surface area contributed by atoms with Gasteiger partial charge in [-0.1, -0.05) is 30.1 Å². The first-order valence-electron chi connectivity index (χ1n) is 9.69. The average Bonchev–Trinajstić information content (AvgIpc) is 2.70. The molecule has 0 aromatic heterocycles. The largest absolute Gasteiger partial charge is 0.479 e. The predicted molar refractivity (Wildman–Crippen MR) is 119 cm³/mol. The monoisotopic (exact) mass is 470 g/mol. The van der Waals surface area contributed by atoms with E-state index in [1.807, 2.05) is 0 Å². The van der Waals surface area contributed by atoms with Crippen LogP contribution in [-0.2, 0) is 14.8 Å². The SMILES string of the molecule is CC1CCN(S(=O)(=O)c2ccc(NC(=O)[C@@H](C)Oc3ccc(Cl)cc3Cl)cc2)CC1. The molecule has 6 nitrogen and oxygen atoms in total. The zero-order valence-corrected chi connectivity index (χ0v) is 19.1. The van der Waals surface area contributed by atoms with Crippen LogP contribution in [0.4, 0.5) is 5.69 Å². The molecule has 1 heterocycles. The molecule has 1 atom stereocenters. The number of nitrogens with one attached hydrogen (secondary N) is 1. The maximum atomic E-state index is 12.8. The number of piperidine rings is 1. The molecule has 0 spiro atoms. The van der Waals surface area contributed by atoms with Crippen LogP contribution in [0, 0.1) is 5.92 Å². The average molecular weight is 471 g/mol. The Morgan fingerprint density at radius 1 is 1.13 bits per heavy atom. The number of benzene rings is 2. The van der Waals surface area contributed by atoms with Gasteiger partial charge in [0.05, 0.1) is 9.92 Å². The van der Waals surface area contributed by atoms with Gasteiger partial charge in [-0.2, -0.15) is 4.31 Å². The summed E-state index contributed by atoms with van der Waals surface area (Å²) in [7, 11) is -3.53. The Balaban J connectivity index is 1.62. The molecule has 0 radical (unpaired) electrons. The van der Waals surface area contributed by atoms with E-state index in [4.69, 9.17) is 27.9 Å².